The van der Waals surface area contributed by atoms with E-state index in [9.17, 15) is 4.39 Å². The van der Waals surface area contributed by atoms with Crippen LogP contribution in [0, 0.1) is 5.82 Å². The molecule has 3 radical (unpaired) electrons. The summed E-state index contributed by atoms with van der Waals surface area (Å²) in [5, 5.41) is 0. The van der Waals surface area contributed by atoms with Gasteiger partial charge in [-0.1, -0.05) is 6.07 Å². The first-order valence-corrected chi connectivity index (χ1v) is 2.83. The van der Waals surface area contributed by atoms with E-state index in [2.05, 4.69) is 0 Å². The van der Waals surface area contributed by atoms with Gasteiger partial charge in [0.25, 0.3) is 0 Å². The highest BCUT2D eigenvalue weighted by atomic mass is 19.1. The normalized spacial score (nSPS) is 9.50. The van der Waals surface area contributed by atoms with Crippen molar-refractivity contribution in [2.45, 2.75) is 0 Å². The molecule has 0 heterocycles. The lowest BCUT2D eigenvalue weighted by atomic mass is 9.95. The molecule has 0 atom stereocenters. The fourth-order valence-corrected chi connectivity index (χ4v) is 0.705. The monoisotopic (exact) mass is 136 g/mol. The summed E-state index contributed by atoms with van der Waals surface area (Å²) in [5.74, 6) is 0.153. The van der Waals surface area contributed by atoms with Crippen molar-refractivity contribution in [2.24, 2.45) is 0 Å². The van der Waals surface area contributed by atoms with Gasteiger partial charge in [-0.2, -0.15) is 0 Å². The van der Waals surface area contributed by atoms with Crippen LogP contribution in [0.5, 0.6) is 5.75 Å². The number of methoxy groups -OCH3 is 1. The van der Waals surface area contributed by atoms with Gasteiger partial charge in [0, 0.05) is 0 Å². The van der Waals surface area contributed by atoms with E-state index in [1.54, 1.807) is 0 Å². The largest absolute Gasteiger partial charge is 0.575 e. The summed E-state index contributed by atoms with van der Waals surface area (Å²) in [5.41, 5.74) is 0.322. The van der Waals surface area contributed by atoms with Gasteiger partial charge in [0.1, 0.15) is 5.82 Å². The van der Waals surface area contributed by atoms with Crippen LogP contribution in [0.15, 0.2) is 18.2 Å². The molecule has 0 saturated heterocycles. The molecular weight excluding hydrogens is 130 g/mol. The molecule has 51 valence electrons. The highest BCUT2D eigenvalue weighted by molar-refractivity contribution is 6.34. The van der Waals surface area contributed by atoms with Crippen LogP contribution in [-0.4, -0.2) is 15.0 Å². The predicted octanol–water partition coefficient (Wildman–Crippen LogP) is 0.628. The van der Waals surface area contributed by atoms with Crippen LogP contribution >= 0.6 is 0 Å². The quantitative estimate of drug-likeness (QED) is 0.514. The average Bonchev–Trinajstić information content (AvgIpc) is 1.88. The van der Waals surface area contributed by atoms with Crippen LogP contribution in [0.3, 0.4) is 0 Å². The van der Waals surface area contributed by atoms with Gasteiger partial charge in [-0.25, -0.2) is 4.39 Å². The Morgan fingerprint density at radius 3 is 2.70 bits per heavy atom. The lowest BCUT2D eigenvalue weighted by molar-refractivity contribution is 0.417. The molecule has 0 aliphatic carbocycles. The van der Waals surface area contributed by atoms with Crippen molar-refractivity contribution in [1.29, 1.82) is 0 Å². The molecule has 0 fully saturated rings. The maximum Gasteiger partial charge on any atom is 0.120 e. The molecule has 0 amide bonds. The number of hydrogen-bond donors (Lipinski definition) is 0. The second-order valence-electron chi connectivity index (χ2n) is 1.89. The predicted molar refractivity (Wildman–Crippen MR) is 38.3 cm³/mol. The second kappa shape index (κ2) is 2.73. The molecule has 0 unspecified atom stereocenters. The molecule has 3 heteroatoms. The smallest absolute Gasteiger partial charge is 0.120 e. The number of halogens is 1. The second-order valence-corrected chi connectivity index (χ2v) is 1.89. The third-order valence-corrected chi connectivity index (χ3v) is 1.19. The highest BCUT2D eigenvalue weighted by Crippen LogP contribution is 2.05. The average molecular weight is 136 g/mol. The fraction of sp³-hybridized carbons (Fsp3) is 0.143. The van der Waals surface area contributed by atoms with E-state index in [1.807, 2.05) is 0 Å². The van der Waals surface area contributed by atoms with E-state index in [4.69, 9.17) is 12.6 Å². The van der Waals surface area contributed by atoms with Gasteiger partial charge in [-0.15, -0.1) is 0 Å². The molecule has 0 aliphatic heterocycles. The van der Waals surface area contributed by atoms with E-state index in [-0.39, 0.29) is 5.82 Å². The van der Waals surface area contributed by atoms with Gasteiger partial charge in [0.15, 0.2) is 0 Å². The van der Waals surface area contributed by atoms with Crippen LogP contribution in [0.4, 0.5) is 4.39 Å². The Balaban J connectivity index is 3.07. The van der Waals surface area contributed by atoms with Crippen molar-refractivity contribution >= 4 is 13.3 Å². The van der Waals surface area contributed by atoms with Crippen LogP contribution in [-0.2, 0) is 0 Å². The summed E-state index contributed by atoms with van der Waals surface area (Å²) in [4.78, 5) is 0. The van der Waals surface area contributed by atoms with Crippen LogP contribution in [0.2, 0.25) is 0 Å². The first kappa shape index (κ1) is 7.13. The lowest BCUT2D eigenvalue weighted by Crippen LogP contribution is -2.07. The van der Waals surface area contributed by atoms with Crippen LogP contribution < -0.4 is 10.2 Å². The van der Waals surface area contributed by atoms with E-state index < -0.39 is 0 Å². The Hall–Kier alpha value is -0.985. The zero-order chi connectivity index (χ0) is 7.56. The molecule has 0 saturated carbocycles. The summed E-state index contributed by atoms with van der Waals surface area (Å²) in [6.07, 6.45) is 0. The molecule has 0 bridgehead atoms. The van der Waals surface area contributed by atoms with Crippen molar-refractivity contribution in [3.63, 3.8) is 0 Å². The topological polar surface area (TPSA) is 9.23 Å². The fourth-order valence-electron chi connectivity index (χ4n) is 0.705. The summed E-state index contributed by atoms with van der Waals surface area (Å²) >= 11 is 0. The summed E-state index contributed by atoms with van der Waals surface area (Å²) in [6.45, 7) is 0. The molecule has 1 aromatic rings. The summed E-state index contributed by atoms with van der Waals surface area (Å²) in [6, 6.07) is 4.01. The SMILES string of the molecule is [B-]c1cc(F)ccc1OC. The van der Waals surface area contributed by atoms with E-state index >= 15 is 0 Å². The van der Waals surface area contributed by atoms with Crippen LogP contribution in [0.1, 0.15) is 0 Å². The van der Waals surface area contributed by atoms with Crippen molar-refractivity contribution in [3.05, 3.63) is 24.0 Å². The minimum absolute atomic E-state index is 0.322. The van der Waals surface area contributed by atoms with Gasteiger partial charge in [0.05, 0.1) is 12.9 Å². The standard InChI is InChI=1S/C7H6BFO/c1-10-7-3-2-5(9)4-6(7)8/h2-4H,1H3/q-1. The molecular formula is C7H6BFO-. The van der Waals surface area contributed by atoms with E-state index in [0.29, 0.717) is 11.2 Å². The zero-order valence-corrected chi connectivity index (χ0v) is 5.60. The third kappa shape index (κ3) is 1.29. The molecule has 0 spiro atoms. The Bertz CT molecular complexity index is 237. The maximum absolute atomic E-state index is 12.3. The number of benzene rings is 1. The van der Waals surface area contributed by atoms with Gasteiger partial charge < -0.3 is 12.6 Å². The van der Waals surface area contributed by atoms with Gasteiger partial charge in [-0.3, -0.25) is 5.46 Å². The van der Waals surface area contributed by atoms with E-state index in [1.165, 1.54) is 25.3 Å². The van der Waals surface area contributed by atoms with Crippen LogP contribution in [0.25, 0.3) is 0 Å². The van der Waals surface area contributed by atoms with Crippen molar-refractivity contribution in [2.75, 3.05) is 7.11 Å². The molecule has 0 N–H and O–H groups in total. The lowest BCUT2D eigenvalue weighted by Gasteiger charge is -2.12. The van der Waals surface area contributed by atoms with Gasteiger partial charge in [0.2, 0.25) is 0 Å². The van der Waals surface area contributed by atoms with Crippen molar-refractivity contribution in [1.82, 2.24) is 0 Å². The zero-order valence-electron chi connectivity index (χ0n) is 5.60. The molecule has 1 rings (SSSR count). The Kier molecular flexibility index (Phi) is 1.95. The molecule has 0 aromatic heterocycles. The Morgan fingerprint density at radius 1 is 1.50 bits per heavy atom. The minimum atomic E-state index is -0.349. The number of hydrogen-bond acceptors (Lipinski definition) is 1. The Labute approximate surface area is 60.2 Å². The molecule has 1 aromatic carbocycles. The Morgan fingerprint density at radius 2 is 2.20 bits per heavy atom. The highest BCUT2D eigenvalue weighted by Gasteiger charge is 1.88. The van der Waals surface area contributed by atoms with Gasteiger partial charge in [-0.05, 0) is 12.1 Å². The molecule has 0 aliphatic rings. The molecule has 10 heavy (non-hydrogen) atoms. The maximum atomic E-state index is 12.3. The minimum Gasteiger partial charge on any atom is -0.575 e. The number of rotatable bonds is 1. The summed E-state index contributed by atoms with van der Waals surface area (Å²) < 4.78 is 17.2. The number of ether oxygens (including phenoxy) is 1. The first-order valence-electron chi connectivity index (χ1n) is 2.83. The van der Waals surface area contributed by atoms with E-state index in [0.717, 1.165) is 0 Å². The van der Waals surface area contributed by atoms with Crippen molar-refractivity contribution < 1.29 is 9.13 Å². The third-order valence-electron chi connectivity index (χ3n) is 1.19. The van der Waals surface area contributed by atoms with Crippen molar-refractivity contribution in [3.8, 4) is 5.75 Å². The summed E-state index contributed by atoms with van der Waals surface area (Å²) in [7, 11) is 6.86. The first-order chi connectivity index (χ1) is 4.74. The molecule has 1 nitrogen and oxygen atoms in total. The van der Waals surface area contributed by atoms with Gasteiger partial charge >= 0.3 is 0 Å².